The van der Waals surface area contributed by atoms with Gasteiger partial charge in [0, 0.05) is 24.5 Å². The highest BCUT2D eigenvalue weighted by Gasteiger charge is 2.15. The van der Waals surface area contributed by atoms with Crippen LogP contribution in [0.25, 0.3) is 0 Å². The van der Waals surface area contributed by atoms with Gasteiger partial charge in [0.05, 0.1) is 0 Å². The standard InChI is InChI=1S/C13H29N3O/c1-10(2)16(5)9-7-6-8-15-13(17)11(3)12(4)14/h10-12H,6-9,14H2,1-5H3,(H,15,17). The van der Waals surface area contributed by atoms with Gasteiger partial charge >= 0.3 is 0 Å². The van der Waals surface area contributed by atoms with Gasteiger partial charge in [0.15, 0.2) is 0 Å². The summed E-state index contributed by atoms with van der Waals surface area (Å²) in [6.45, 7) is 9.94. The lowest BCUT2D eigenvalue weighted by atomic mass is 10.0. The van der Waals surface area contributed by atoms with Crippen LogP contribution in [0.2, 0.25) is 0 Å². The number of carbonyl (C=O) groups excluding carboxylic acids is 1. The molecule has 0 aliphatic heterocycles. The zero-order valence-electron chi connectivity index (χ0n) is 12.0. The lowest BCUT2D eigenvalue weighted by Crippen LogP contribution is -2.39. The van der Waals surface area contributed by atoms with Crippen LogP contribution in [0.15, 0.2) is 0 Å². The van der Waals surface area contributed by atoms with Gasteiger partial charge in [-0.15, -0.1) is 0 Å². The Morgan fingerprint density at radius 1 is 1.24 bits per heavy atom. The van der Waals surface area contributed by atoms with Gasteiger partial charge in [0.25, 0.3) is 0 Å². The maximum absolute atomic E-state index is 11.6. The van der Waals surface area contributed by atoms with Crippen molar-refractivity contribution in [2.75, 3.05) is 20.1 Å². The summed E-state index contributed by atoms with van der Waals surface area (Å²) in [5, 5.41) is 2.93. The summed E-state index contributed by atoms with van der Waals surface area (Å²) >= 11 is 0. The highest BCUT2D eigenvalue weighted by Crippen LogP contribution is 2.00. The number of hydrogen-bond acceptors (Lipinski definition) is 3. The number of nitrogens with two attached hydrogens (primary N) is 1. The number of nitrogens with zero attached hydrogens (tertiary/aromatic N) is 1. The third kappa shape index (κ3) is 7.34. The van der Waals surface area contributed by atoms with Crippen LogP contribution in [0.3, 0.4) is 0 Å². The summed E-state index contributed by atoms with van der Waals surface area (Å²) in [6.07, 6.45) is 2.13. The Labute approximate surface area is 106 Å². The molecule has 0 aromatic rings. The minimum absolute atomic E-state index is 0.0669. The number of unbranched alkanes of at least 4 members (excludes halogenated alkanes) is 1. The van der Waals surface area contributed by atoms with E-state index in [1.54, 1.807) is 0 Å². The van der Waals surface area contributed by atoms with Crippen molar-refractivity contribution in [3.8, 4) is 0 Å². The third-order valence-corrected chi connectivity index (χ3v) is 3.32. The molecule has 2 atom stereocenters. The molecule has 102 valence electrons. The highest BCUT2D eigenvalue weighted by atomic mass is 16.1. The summed E-state index contributed by atoms with van der Waals surface area (Å²) < 4.78 is 0. The molecule has 1 amide bonds. The van der Waals surface area contributed by atoms with Crippen LogP contribution in [0.1, 0.15) is 40.5 Å². The summed E-state index contributed by atoms with van der Waals surface area (Å²) in [7, 11) is 2.13. The lowest BCUT2D eigenvalue weighted by molar-refractivity contribution is -0.124. The molecule has 0 rings (SSSR count). The zero-order valence-corrected chi connectivity index (χ0v) is 12.0. The van der Waals surface area contributed by atoms with Crippen LogP contribution in [0, 0.1) is 5.92 Å². The molecule has 0 aromatic carbocycles. The first-order chi connectivity index (χ1) is 7.86. The van der Waals surface area contributed by atoms with Crippen LogP contribution in [-0.4, -0.2) is 43.0 Å². The first-order valence-electron chi connectivity index (χ1n) is 6.59. The fourth-order valence-corrected chi connectivity index (χ4v) is 1.36. The molecule has 0 aliphatic rings. The first kappa shape index (κ1) is 16.4. The van der Waals surface area contributed by atoms with Crippen molar-refractivity contribution in [3.05, 3.63) is 0 Å². The number of carbonyl (C=O) groups is 1. The van der Waals surface area contributed by atoms with E-state index in [9.17, 15) is 4.79 Å². The fraction of sp³-hybridized carbons (Fsp3) is 0.923. The Balaban J connectivity index is 3.55. The van der Waals surface area contributed by atoms with Gasteiger partial charge in [0.2, 0.25) is 5.91 Å². The molecule has 0 saturated heterocycles. The minimum Gasteiger partial charge on any atom is -0.356 e. The molecule has 2 unspecified atom stereocenters. The van der Waals surface area contributed by atoms with Crippen molar-refractivity contribution in [1.82, 2.24) is 10.2 Å². The van der Waals surface area contributed by atoms with Gasteiger partial charge in [-0.1, -0.05) is 6.92 Å². The smallest absolute Gasteiger partial charge is 0.224 e. The fourth-order valence-electron chi connectivity index (χ4n) is 1.36. The molecular formula is C13H29N3O. The van der Waals surface area contributed by atoms with Crippen LogP contribution in [-0.2, 0) is 4.79 Å². The Bertz CT molecular complexity index is 217. The van der Waals surface area contributed by atoms with Crippen molar-refractivity contribution in [3.63, 3.8) is 0 Å². The van der Waals surface area contributed by atoms with E-state index in [0.29, 0.717) is 6.04 Å². The number of amides is 1. The van der Waals surface area contributed by atoms with Crippen LogP contribution >= 0.6 is 0 Å². The largest absolute Gasteiger partial charge is 0.356 e. The molecular weight excluding hydrogens is 214 g/mol. The van der Waals surface area contributed by atoms with E-state index in [-0.39, 0.29) is 17.9 Å². The Morgan fingerprint density at radius 3 is 2.29 bits per heavy atom. The topological polar surface area (TPSA) is 58.4 Å². The maximum Gasteiger partial charge on any atom is 0.224 e. The molecule has 3 N–H and O–H groups in total. The van der Waals surface area contributed by atoms with E-state index in [0.717, 1.165) is 25.9 Å². The molecule has 0 fully saturated rings. The van der Waals surface area contributed by atoms with Gasteiger partial charge in [0.1, 0.15) is 0 Å². The van der Waals surface area contributed by atoms with E-state index in [1.165, 1.54) is 0 Å². The van der Waals surface area contributed by atoms with Crippen molar-refractivity contribution in [2.24, 2.45) is 11.7 Å². The monoisotopic (exact) mass is 243 g/mol. The predicted octanol–water partition coefficient (Wildman–Crippen LogP) is 1.21. The summed E-state index contributed by atoms with van der Waals surface area (Å²) in [5.74, 6) is -0.0365. The van der Waals surface area contributed by atoms with E-state index >= 15 is 0 Å². The normalized spacial score (nSPS) is 15.1. The van der Waals surface area contributed by atoms with E-state index < -0.39 is 0 Å². The Kier molecular flexibility index (Phi) is 8.17. The van der Waals surface area contributed by atoms with E-state index in [4.69, 9.17) is 5.73 Å². The van der Waals surface area contributed by atoms with Crippen molar-refractivity contribution in [1.29, 1.82) is 0 Å². The average molecular weight is 243 g/mol. The highest BCUT2D eigenvalue weighted by molar-refractivity contribution is 5.78. The second kappa shape index (κ2) is 8.48. The molecule has 0 heterocycles. The molecule has 0 bridgehead atoms. The molecule has 4 nitrogen and oxygen atoms in total. The molecule has 0 radical (unpaired) electrons. The molecule has 0 spiro atoms. The zero-order chi connectivity index (χ0) is 13.4. The van der Waals surface area contributed by atoms with Gasteiger partial charge in [-0.05, 0) is 47.2 Å². The van der Waals surface area contributed by atoms with Crippen LogP contribution in [0.4, 0.5) is 0 Å². The number of rotatable bonds is 8. The van der Waals surface area contributed by atoms with Crippen molar-refractivity contribution in [2.45, 2.75) is 52.6 Å². The van der Waals surface area contributed by atoms with Gasteiger partial charge in [-0.25, -0.2) is 0 Å². The third-order valence-electron chi connectivity index (χ3n) is 3.32. The predicted molar refractivity (Wildman–Crippen MR) is 72.8 cm³/mol. The SMILES string of the molecule is CC(N)C(C)C(=O)NCCCCN(C)C(C)C. The van der Waals surface area contributed by atoms with Gasteiger partial charge in [-0.2, -0.15) is 0 Å². The Morgan fingerprint density at radius 2 is 1.82 bits per heavy atom. The number of hydrogen-bond donors (Lipinski definition) is 2. The van der Waals surface area contributed by atoms with Crippen molar-refractivity contribution < 1.29 is 4.79 Å². The molecule has 4 heteroatoms. The van der Waals surface area contributed by atoms with Gasteiger partial charge in [-0.3, -0.25) is 4.79 Å². The first-order valence-corrected chi connectivity index (χ1v) is 6.59. The molecule has 17 heavy (non-hydrogen) atoms. The molecule has 0 aliphatic carbocycles. The van der Waals surface area contributed by atoms with Crippen molar-refractivity contribution >= 4 is 5.91 Å². The molecule has 0 aromatic heterocycles. The second-order valence-corrected chi connectivity index (χ2v) is 5.22. The minimum atomic E-state index is -0.103. The Hall–Kier alpha value is -0.610. The second-order valence-electron chi connectivity index (χ2n) is 5.22. The van der Waals surface area contributed by atoms with E-state index in [2.05, 4.69) is 31.1 Å². The maximum atomic E-state index is 11.6. The van der Waals surface area contributed by atoms with E-state index in [1.807, 2.05) is 13.8 Å². The average Bonchev–Trinajstić information content (AvgIpc) is 2.26. The summed E-state index contributed by atoms with van der Waals surface area (Å²) in [6, 6.07) is 0.504. The van der Waals surface area contributed by atoms with Crippen LogP contribution in [0.5, 0.6) is 0 Å². The number of nitrogens with one attached hydrogen (secondary N) is 1. The summed E-state index contributed by atoms with van der Waals surface area (Å²) in [5.41, 5.74) is 5.67. The quantitative estimate of drug-likeness (QED) is 0.630. The summed E-state index contributed by atoms with van der Waals surface area (Å²) in [4.78, 5) is 13.9. The van der Waals surface area contributed by atoms with Crippen LogP contribution < -0.4 is 11.1 Å². The molecule has 0 saturated carbocycles. The van der Waals surface area contributed by atoms with Gasteiger partial charge < -0.3 is 16.0 Å². The lowest BCUT2D eigenvalue weighted by Gasteiger charge is -2.21.